The summed E-state index contributed by atoms with van der Waals surface area (Å²) in [7, 11) is 0. The highest BCUT2D eigenvalue weighted by atomic mass is 35.5. The van der Waals surface area contributed by atoms with Crippen LogP contribution >= 0.6 is 11.6 Å². The molecule has 1 saturated heterocycles. The molecule has 19 heavy (non-hydrogen) atoms. The summed E-state index contributed by atoms with van der Waals surface area (Å²) in [6.07, 6.45) is 4.93. The molecule has 3 rings (SSSR count). The number of nitrogens with zero attached hydrogens (tertiary/aromatic N) is 3. The Morgan fingerprint density at radius 2 is 2.11 bits per heavy atom. The molecular weight excluding hydrogens is 258 g/mol. The minimum Gasteiger partial charge on any atom is -0.353 e. The van der Waals surface area contributed by atoms with E-state index in [1.807, 2.05) is 18.2 Å². The van der Waals surface area contributed by atoms with Crippen LogP contribution in [0.5, 0.6) is 0 Å². The van der Waals surface area contributed by atoms with Crippen molar-refractivity contribution in [2.45, 2.75) is 38.6 Å². The maximum absolute atomic E-state index is 6.09. The number of halogens is 1. The van der Waals surface area contributed by atoms with Gasteiger partial charge in [-0.2, -0.15) is 4.98 Å². The Balaban J connectivity index is 2.12. The van der Waals surface area contributed by atoms with Crippen molar-refractivity contribution in [3.8, 4) is 0 Å². The first-order valence-corrected chi connectivity index (χ1v) is 7.36. The molecule has 0 N–H and O–H groups in total. The van der Waals surface area contributed by atoms with E-state index in [1.54, 1.807) is 0 Å². The largest absolute Gasteiger partial charge is 0.353 e. The van der Waals surface area contributed by atoms with Crippen molar-refractivity contribution in [2.75, 3.05) is 11.4 Å². The highest BCUT2D eigenvalue weighted by Gasteiger charge is 2.24. The molecule has 0 aliphatic carbocycles. The summed E-state index contributed by atoms with van der Waals surface area (Å²) in [5.74, 6) is 1.00. The van der Waals surface area contributed by atoms with Crippen molar-refractivity contribution in [1.29, 1.82) is 0 Å². The number of piperidine rings is 1. The first-order chi connectivity index (χ1) is 9.29. The molecule has 0 bridgehead atoms. The van der Waals surface area contributed by atoms with Crippen LogP contribution in [0.4, 0.5) is 5.82 Å². The average molecular weight is 276 g/mol. The molecule has 1 unspecified atom stereocenters. The Bertz CT molecular complexity index is 585. The molecule has 1 fully saturated rings. The second kappa shape index (κ2) is 5.33. The Kier molecular flexibility index (Phi) is 3.56. The molecule has 1 aliphatic rings. The van der Waals surface area contributed by atoms with Gasteiger partial charge in [0.2, 0.25) is 5.28 Å². The van der Waals surface area contributed by atoms with Crippen molar-refractivity contribution >= 4 is 28.3 Å². The van der Waals surface area contributed by atoms with E-state index in [9.17, 15) is 0 Å². The highest BCUT2D eigenvalue weighted by molar-refractivity contribution is 6.28. The van der Waals surface area contributed by atoms with E-state index in [0.717, 1.165) is 29.7 Å². The highest BCUT2D eigenvalue weighted by Crippen LogP contribution is 2.31. The van der Waals surface area contributed by atoms with Crippen LogP contribution in [0.3, 0.4) is 0 Å². The minimum atomic E-state index is 0.342. The number of fused-ring (bicyclic) bond motifs is 1. The van der Waals surface area contributed by atoms with Gasteiger partial charge < -0.3 is 4.90 Å². The second-order valence-electron chi connectivity index (χ2n) is 5.08. The van der Waals surface area contributed by atoms with Crippen molar-refractivity contribution in [1.82, 2.24) is 9.97 Å². The standard InChI is InChI=1S/C15H18ClN3/c1-2-11-7-5-6-10-19(11)14-12-8-3-4-9-13(12)17-15(16)18-14/h3-4,8-9,11H,2,5-7,10H2,1H3. The van der Waals surface area contributed by atoms with Crippen LogP contribution in [0.25, 0.3) is 10.9 Å². The van der Waals surface area contributed by atoms with Gasteiger partial charge in [0.15, 0.2) is 0 Å². The lowest BCUT2D eigenvalue weighted by molar-refractivity contribution is 0.448. The second-order valence-corrected chi connectivity index (χ2v) is 5.42. The lowest BCUT2D eigenvalue weighted by Crippen LogP contribution is -2.39. The summed E-state index contributed by atoms with van der Waals surface area (Å²) in [6.45, 7) is 3.31. The van der Waals surface area contributed by atoms with E-state index < -0.39 is 0 Å². The number of benzene rings is 1. The van der Waals surface area contributed by atoms with Crippen LogP contribution in [0.1, 0.15) is 32.6 Å². The van der Waals surface area contributed by atoms with E-state index >= 15 is 0 Å². The third kappa shape index (κ3) is 2.39. The fraction of sp³-hybridized carbons (Fsp3) is 0.467. The number of hydrogen-bond donors (Lipinski definition) is 0. The van der Waals surface area contributed by atoms with Gasteiger partial charge in [0.25, 0.3) is 0 Å². The van der Waals surface area contributed by atoms with E-state index in [1.165, 1.54) is 19.3 Å². The van der Waals surface area contributed by atoms with Crippen molar-refractivity contribution in [2.24, 2.45) is 0 Å². The average Bonchev–Trinajstić information content (AvgIpc) is 2.46. The fourth-order valence-corrected chi connectivity index (χ4v) is 3.13. The predicted octanol–water partition coefficient (Wildman–Crippen LogP) is 4.05. The number of rotatable bonds is 2. The summed E-state index contributed by atoms with van der Waals surface area (Å²) in [5.41, 5.74) is 0.929. The molecule has 1 aromatic heterocycles. The molecule has 0 spiro atoms. The zero-order valence-corrected chi connectivity index (χ0v) is 11.9. The number of para-hydroxylation sites is 1. The smallest absolute Gasteiger partial charge is 0.224 e. The summed E-state index contributed by atoms with van der Waals surface area (Å²) < 4.78 is 0. The normalized spacial score (nSPS) is 19.9. The van der Waals surface area contributed by atoms with E-state index in [-0.39, 0.29) is 0 Å². The zero-order chi connectivity index (χ0) is 13.2. The maximum Gasteiger partial charge on any atom is 0.224 e. The van der Waals surface area contributed by atoms with Crippen molar-refractivity contribution < 1.29 is 0 Å². The molecule has 0 saturated carbocycles. The topological polar surface area (TPSA) is 29.0 Å². The molecule has 2 aromatic rings. The summed E-state index contributed by atoms with van der Waals surface area (Å²) in [5, 5.41) is 1.45. The van der Waals surface area contributed by atoms with Gasteiger partial charge in [0, 0.05) is 18.0 Å². The van der Waals surface area contributed by atoms with Crippen LogP contribution in [0.2, 0.25) is 5.28 Å². The number of anilines is 1. The third-order valence-electron chi connectivity index (χ3n) is 3.93. The van der Waals surface area contributed by atoms with Crippen molar-refractivity contribution in [3.05, 3.63) is 29.5 Å². The summed E-state index contributed by atoms with van der Waals surface area (Å²) in [6, 6.07) is 8.68. The SMILES string of the molecule is CCC1CCCCN1c1nc(Cl)nc2ccccc12. The molecular formula is C15H18ClN3. The molecule has 2 heterocycles. The first-order valence-electron chi connectivity index (χ1n) is 6.98. The van der Waals surface area contributed by atoms with Crippen LogP contribution < -0.4 is 4.90 Å². The molecule has 3 nitrogen and oxygen atoms in total. The zero-order valence-electron chi connectivity index (χ0n) is 11.1. The Labute approximate surface area is 118 Å². The van der Waals surface area contributed by atoms with E-state index in [0.29, 0.717) is 11.3 Å². The van der Waals surface area contributed by atoms with Gasteiger partial charge in [0.05, 0.1) is 5.52 Å². The third-order valence-corrected chi connectivity index (χ3v) is 4.10. The molecule has 1 atom stereocenters. The van der Waals surface area contributed by atoms with Crippen molar-refractivity contribution in [3.63, 3.8) is 0 Å². The van der Waals surface area contributed by atoms with Crippen LogP contribution in [-0.2, 0) is 0 Å². The van der Waals surface area contributed by atoms with Gasteiger partial charge in [-0.25, -0.2) is 4.98 Å². The predicted molar refractivity (Wildman–Crippen MR) is 79.8 cm³/mol. The molecule has 1 aromatic carbocycles. The van der Waals surface area contributed by atoms with Gasteiger partial charge in [-0.3, -0.25) is 0 Å². The molecule has 100 valence electrons. The first kappa shape index (κ1) is 12.7. The lowest BCUT2D eigenvalue weighted by atomic mass is 9.99. The fourth-order valence-electron chi connectivity index (χ4n) is 2.96. The molecule has 0 amide bonds. The van der Waals surface area contributed by atoms with Crippen LogP contribution in [0, 0.1) is 0 Å². The Morgan fingerprint density at radius 3 is 2.95 bits per heavy atom. The van der Waals surface area contributed by atoms with Crippen LogP contribution in [0.15, 0.2) is 24.3 Å². The Hall–Kier alpha value is -1.35. The number of hydrogen-bond acceptors (Lipinski definition) is 3. The van der Waals surface area contributed by atoms with Crippen LogP contribution in [-0.4, -0.2) is 22.6 Å². The monoisotopic (exact) mass is 275 g/mol. The van der Waals surface area contributed by atoms with E-state index in [2.05, 4.69) is 27.9 Å². The van der Waals surface area contributed by atoms with Gasteiger partial charge in [-0.15, -0.1) is 0 Å². The maximum atomic E-state index is 6.09. The summed E-state index contributed by atoms with van der Waals surface area (Å²) >= 11 is 6.09. The van der Waals surface area contributed by atoms with Gasteiger partial charge in [-0.05, 0) is 49.4 Å². The lowest BCUT2D eigenvalue weighted by Gasteiger charge is -2.36. The molecule has 1 aliphatic heterocycles. The van der Waals surface area contributed by atoms with Gasteiger partial charge in [0.1, 0.15) is 5.82 Å². The van der Waals surface area contributed by atoms with E-state index in [4.69, 9.17) is 11.6 Å². The summed E-state index contributed by atoms with van der Waals surface area (Å²) in [4.78, 5) is 11.2. The Morgan fingerprint density at radius 1 is 1.26 bits per heavy atom. The quantitative estimate of drug-likeness (QED) is 0.774. The minimum absolute atomic E-state index is 0.342. The van der Waals surface area contributed by atoms with Gasteiger partial charge in [-0.1, -0.05) is 19.1 Å². The number of aromatic nitrogens is 2. The van der Waals surface area contributed by atoms with Gasteiger partial charge >= 0.3 is 0 Å². The molecule has 0 radical (unpaired) electrons. The molecule has 4 heteroatoms.